The third-order valence-corrected chi connectivity index (χ3v) is 10.2. The second kappa shape index (κ2) is 15.7. The Morgan fingerprint density at radius 2 is 1.22 bits per heavy atom. The molecule has 0 radical (unpaired) electrons. The van der Waals surface area contributed by atoms with Crippen molar-refractivity contribution in [3.05, 3.63) is 155 Å². The third kappa shape index (κ3) is 8.12. The molecule has 0 spiro atoms. The number of likely N-dealkylation sites (tertiary alicyclic amines) is 1. The molecule has 3 unspecified atom stereocenters. The fourth-order valence-electron chi connectivity index (χ4n) is 7.39. The fourth-order valence-corrected chi connectivity index (χ4v) is 7.39. The first-order valence-electron chi connectivity index (χ1n) is 17.9. The maximum atomic E-state index is 6.28. The highest BCUT2D eigenvalue weighted by atomic mass is 16.5. The molecule has 0 aliphatic carbocycles. The molecule has 7 rings (SSSR count). The molecule has 5 heteroatoms. The molecule has 2 heterocycles. The van der Waals surface area contributed by atoms with E-state index in [1.807, 2.05) is 24.3 Å². The lowest BCUT2D eigenvalue weighted by Gasteiger charge is -2.33. The lowest BCUT2D eigenvalue weighted by Crippen LogP contribution is -2.39. The normalized spacial score (nSPS) is 19.0. The van der Waals surface area contributed by atoms with Gasteiger partial charge in [-0.05, 0) is 96.6 Å². The van der Waals surface area contributed by atoms with Gasteiger partial charge in [-0.1, -0.05) is 98.3 Å². The second-order valence-corrected chi connectivity index (χ2v) is 13.6. The fraction of sp³-hybridized carbons (Fsp3) is 0.318. The number of fused-ring (bicyclic) bond motifs is 1. The van der Waals surface area contributed by atoms with Gasteiger partial charge < -0.3 is 19.1 Å². The summed E-state index contributed by atoms with van der Waals surface area (Å²) in [5.74, 6) is 2.99. The summed E-state index contributed by atoms with van der Waals surface area (Å²) in [6, 6.07) is 45.5. The highest BCUT2D eigenvalue weighted by Gasteiger charge is 2.37. The summed E-state index contributed by atoms with van der Waals surface area (Å²) >= 11 is 0. The average molecular weight is 653 g/mol. The summed E-state index contributed by atoms with van der Waals surface area (Å²) in [7, 11) is 0. The van der Waals surface area contributed by atoms with E-state index in [-0.39, 0.29) is 12.0 Å². The van der Waals surface area contributed by atoms with Crippen molar-refractivity contribution in [1.29, 1.82) is 0 Å². The van der Waals surface area contributed by atoms with Crippen molar-refractivity contribution in [2.24, 2.45) is 0 Å². The number of benzene rings is 5. The van der Waals surface area contributed by atoms with Crippen molar-refractivity contribution in [3.8, 4) is 17.2 Å². The molecule has 2 aliphatic rings. The molecule has 1 saturated heterocycles. The van der Waals surface area contributed by atoms with E-state index in [2.05, 4.69) is 127 Å². The first-order valence-corrected chi connectivity index (χ1v) is 17.9. The Hall–Kier alpha value is -4.74. The highest BCUT2D eigenvalue weighted by molar-refractivity contribution is 5.65. The average Bonchev–Trinajstić information content (AvgIpc) is 3.42. The van der Waals surface area contributed by atoms with Gasteiger partial charge in [-0.15, -0.1) is 0 Å². The van der Waals surface area contributed by atoms with Crippen LogP contribution in [0.2, 0.25) is 0 Å². The van der Waals surface area contributed by atoms with E-state index in [0.717, 1.165) is 42.5 Å². The Morgan fingerprint density at radius 3 is 1.90 bits per heavy atom. The monoisotopic (exact) mass is 652 g/mol. The Morgan fingerprint density at radius 1 is 0.612 bits per heavy atom. The van der Waals surface area contributed by atoms with Gasteiger partial charge in [-0.3, -0.25) is 4.90 Å². The van der Waals surface area contributed by atoms with E-state index in [0.29, 0.717) is 19.3 Å². The molecule has 0 aromatic heterocycles. The minimum absolute atomic E-state index is 0.171. The summed E-state index contributed by atoms with van der Waals surface area (Å²) in [6.07, 6.45) is 3.94. The number of piperidine rings is 1. The van der Waals surface area contributed by atoms with Gasteiger partial charge in [-0.2, -0.15) is 0 Å². The van der Waals surface area contributed by atoms with Crippen molar-refractivity contribution in [1.82, 2.24) is 4.90 Å². The first kappa shape index (κ1) is 32.8. The van der Waals surface area contributed by atoms with Gasteiger partial charge in [0.05, 0.1) is 6.04 Å². The molecule has 3 atom stereocenters. The van der Waals surface area contributed by atoms with Crippen LogP contribution in [0.1, 0.15) is 72.9 Å². The van der Waals surface area contributed by atoms with Crippen LogP contribution in [0, 0.1) is 0 Å². The largest absolute Gasteiger partial charge is 0.492 e. The second-order valence-electron chi connectivity index (χ2n) is 13.6. The highest BCUT2D eigenvalue weighted by Crippen LogP contribution is 2.50. The van der Waals surface area contributed by atoms with Crippen LogP contribution < -0.4 is 19.1 Å². The molecule has 0 bridgehead atoms. The van der Waals surface area contributed by atoms with Gasteiger partial charge in [0.2, 0.25) is 0 Å². The van der Waals surface area contributed by atoms with Crippen molar-refractivity contribution >= 4 is 5.69 Å². The van der Waals surface area contributed by atoms with E-state index in [1.54, 1.807) is 0 Å². The number of ether oxygens (including phenoxy) is 3. The molecular weight excluding hydrogens is 604 g/mol. The van der Waals surface area contributed by atoms with Gasteiger partial charge >= 0.3 is 0 Å². The van der Waals surface area contributed by atoms with Crippen LogP contribution >= 0.6 is 0 Å². The van der Waals surface area contributed by atoms with Gasteiger partial charge in [-0.25, -0.2) is 0 Å². The molecule has 2 aliphatic heterocycles. The van der Waals surface area contributed by atoms with Crippen LogP contribution in [0.4, 0.5) is 5.69 Å². The summed E-state index contributed by atoms with van der Waals surface area (Å²) in [4.78, 5) is 5.11. The maximum Gasteiger partial charge on any atom is 0.120 e. The number of hydrogen-bond acceptors (Lipinski definition) is 5. The van der Waals surface area contributed by atoms with Gasteiger partial charge in [0.15, 0.2) is 0 Å². The molecule has 1 fully saturated rings. The first-order chi connectivity index (χ1) is 24.1. The summed E-state index contributed by atoms with van der Waals surface area (Å²) < 4.78 is 18.6. The lowest BCUT2D eigenvalue weighted by atomic mass is 9.91. The Kier molecular flexibility index (Phi) is 10.5. The summed E-state index contributed by atoms with van der Waals surface area (Å²) in [6.45, 7) is 9.48. The van der Waals surface area contributed by atoms with Crippen molar-refractivity contribution in [3.63, 3.8) is 0 Å². The SMILES string of the molecule is CC1c2cc(OCc3ccccc3)ccc2N(Cc2ccc(OCCN3CCCCC3C)cc2)C1c1ccc(OCc2ccccc2)cc1. The zero-order chi connectivity index (χ0) is 33.4. The van der Waals surface area contributed by atoms with Crippen LogP contribution in [-0.2, 0) is 19.8 Å². The standard InChI is InChI=1S/C44H48N2O3/c1-33-11-9-10-26-45(33)27-28-47-39-20-16-35(17-21-39)30-46-43-25-24-41(49-32-37-14-7-4-8-15-37)29-42(43)34(2)44(46)38-18-22-40(23-19-38)48-31-36-12-5-3-6-13-36/h3-8,12-25,29,33-34,44H,9-11,26-28,30-32H2,1-2H3. The smallest absolute Gasteiger partial charge is 0.120 e. The van der Waals surface area contributed by atoms with Crippen LogP contribution in [0.5, 0.6) is 17.2 Å². The minimum Gasteiger partial charge on any atom is -0.492 e. The summed E-state index contributed by atoms with van der Waals surface area (Å²) in [5.41, 5.74) is 7.43. The zero-order valence-electron chi connectivity index (χ0n) is 28.8. The molecule has 5 aromatic rings. The van der Waals surface area contributed by atoms with E-state index >= 15 is 0 Å². The predicted molar refractivity (Wildman–Crippen MR) is 199 cm³/mol. The number of rotatable bonds is 13. The zero-order valence-corrected chi connectivity index (χ0v) is 28.8. The molecule has 5 aromatic carbocycles. The number of nitrogens with zero attached hydrogens (tertiary/aromatic N) is 2. The van der Waals surface area contributed by atoms with Crippen molar-refractivity contribution in [2.75, 3.05) is 24.6 Å². The quantitative estimate of drug-likeness (QED) is 0.127. The van der Waals surface area contributed by atoms with Crippen LogP contribution in [0.3, 0.4) is 0 Å². The van der Waals surface area contributed by atoms with Crippen LogP contribution in [0.25, 0.3) is 0 Å². The third-order valence-electron chi connectivity index (χ3n) is 10.2. The van der Waals surface area contributed by atoms with E-state index in [1.165, 1.54) is 53.7 Å². The lowest BCUT2D eigenvalue weighted by molar-refractivity contribution is 0.133. The van der Waals surface area contributed by atoms with Crippen LogP contribution in [-0.4, -0.2) is 30.6 Å². The van der Waals surface area contributed by atoms with Crippen molar-refractivity contribution < 1.29 is 14.2 Å². The van der Waals surface area contributed by atoms with Gasteiger partial charge in [0, 0.05) is 30.7 Å². The Bertz CT molecular complexity index is 1760. The molecule has 0 N–H and O–H groups in total. The molecule has 0 saturated carbocycles. The predicted octanol–water partition coefficient (Wildman–Crippen LogP) is 9.96. The van der Waals surface area contributed by atoms with Gasteiger partial charge in [0.1, 0.15) is 37.1 Å². The molecular formula is C44H48N2O3. The van der Waals surface area contributed by atoms with Crippen LogP contribution in [0.15, 0.2) is 127 Å². The van der Waals surface area contributed by atoms with E-state index in [9.17, 15) is 0 Å². The molecule has 49 heavy (non-hydrogen) atoms. The number of anilines is 1. The van der Waals surface area contributed by atoms with Crippen molar-refractivity contribution in [2.45, 2.75) is 70.9 Å². The summed E-state index contributed by atoms with van der Waals surface area (Å²) in [5, 5.41) is 0. The molecule has 5 nitrogen and oxygen atoms in total. The Balaban J connectivity index is 1.07. The van der Waals surface area contributed by atoms with Gasteiger partial charge in [0.25, 0.3) is 0 Å². The topological polar surface area (TPSA) is 34.2 Å². The molecule has 0 amide bonds. The number of hydrogen-bond donors (Lipinski definition) is 0. The maximum absolute atomic E-state index is 6.28. The van der Waals surface area contributed by atoms with E-state index < -0.39 is 0 Å². The molecule has 252 valence electrons. The van der Waals surface area contributed by atoms with E-state index in [4.69, 9.17) is 14.2 Å². The minimum atomic E-state index is 0.171. The Labute approximate surface area is 292 Å².